The number of carbonyl (C=O) groups excluding carboxylic acids is 1. The zero-order chi connectivity index (χ0) is 18.0. The Morgan fingerprint density at radius 1 is 1.48 bits per heavy atom. The van der Waals surface area contributed by atoms with Gasteiger partial charge in [-0.25, -0.2) is 4.68 Å². The maximum Gasteiger partial charge on any atom is 0.222 e. The fraction of sp³-hybridized carbons (Fsp3) is 0.529. The summed E-state index contributed by atoms with van der Waals surface area (Å²) in [5.41, 5.74) is 0.594. The van der Waals surface area contributed by atoms with Crippen LogP contribution in [-0.2, 0) is 11.3 Å². The van der Waals surface area contributed by atoms with E-state index < -0.39 is 0 Å². The Balaban J connectivity index is 1.71. The quantitative estimate of drug-likeness (QED) is 0.888. The average molecular weight is 345 g/mol. The van der Waals surface area contributed by atoms with Crippen LogP contribution in [0.15, 0.2) is 18.2 Å². The second kappa shape index (κ2) is 6.70. The summed E-state index contributed by atoms with van der Waals surface area (Å²) in [4.78, 5) is 12.4. The molecule has 0 unspecified atom stereocenters. The number of benzene rings is 1. The fourth-order valence-corrected chi connectivity index (χ4v) is 3.02. The number of amides is 1. The third-order valence-corrected chi connectivity index (χ3v) is 4.27. The van der Waals surface area contributed by atoms with Gasteiger partial charge in [0.2, 0.25) is 5.91 Å². The molecule has 2 aromatic rings. The molecule has 1 atom stereocenters. The standard InChI is InChI=1S/C17H23N5O3/c1-11-19-20-21-22(11)8-7-16(23)18-14-10-17(2,3)25-15-9-12(24-4)5-6-13(14)15/h5-6,9,14H,7-8,10H2,1-4H3,(H,18,23)/t14-/m1/s1. The summed E-state index contributed by atoms with van der Waals surface area (Å²) in [7, 11) is 1.62. The van der Waals surface area contributed by atoms with E-state index in [0.717, 1.165) is 17.1 Å². The number of tetrazole rings is 1. The van der Waals surface area contributed by atoms with Gasteiger partial charge in [-0.05, 0) is 43.3 Å². The minimum Gasteiger partial charge on any atom is -0.497 e. The Hall–Kier alpha value is -2.64. The van der Waals surface area contributed by atoms with Crippen molar-refractivity contribution in [1.82, 2.24) is 25.5 Å². The molecule has 1 aliphatic rings. The van der Waals surface area contributed by atoms with Crippen LogP contribution in [0.25, 0.3) is 0 Å². The first-order chi connectivity index (χ1) is 11.9. The fourth-order valence-electron chi connectivity index (χ4n) is 3.02. The van der Waals surface area contributed by atoms with Gasteiger partial charge in [0, 0.05) is 24.5 Å². The first-order valence-corrected chi connectivity index (χ1v) is 8.27. The smallest absolute Gasteiger partial charge is 0.222 e. The minimum absolute atomic E-state index is 0.0423. The highest BCUT2D eigenvalue weighted by Gasteiger charge is 2.34. The van der Waals surface area contributed by atoms with Gasteiger partial charge in [0.25, 0.3) is 0 Å². The lowest BCUT2D eigenvalue weighted by Gasteiger charge is -2.38. The van der Waals surface area contributed by atoms with Crippen LogP contribution in [0.3, 0.4) is 0 Å². The molecule has 1 aliphatic heterocycles. The highest BCUT2D eigenvalue weighted by molar-refractivity contribution is 5.76. The molecule has 25 heavy (non-hydrogen) atoms. The minimum atomic E-state index is -0.371. The van der Waals surface area contributed by atoms with Crippen LogP contribution in [0.4, 0.5) is 0 Å². The number of hydrogen-bond acceptors (Lipinski definition) is 6. The number of nitrogens with zero attached hydrogens (tertiary/aromatic N) is 4. The van der Waals surface area contributed by atoms with Crippen molar-refractivity contribution in [2.24, 2.45) is 0 Å². The number of nitrogens with one attached hydrogen (secondary N) is 1. The molecule has 1 aromatic carbocycles. The molecule has 8 heteroatoms. The Morgan fingerprint density at radius 3 is 2.96 bits per heavy atom. The molecule has 1 aromatic heterocycles. The van der Waals surface area contributed by atoms with Crippen molar-refractivity contribution in [3.05, 3.63) is 29.6 Å². The van der Waals surface area contributed by atoms with Crippen LogP contribution in [-0.4, -0.2) is 38.8 Å². The Kier molecular flexibility index (Phi) is 4.61. The number of hydrogen-bond donors (Lipinski definition) is 1. The van der Waals surface area contributed by atoms with E-state index in [4.69, 9.17) is 9.47 Å². The van der Waals surface area contributed by atoms with E-state index in [1.165, 1.54) is 0 Å². The average Bonchev–Trinajstić information content (AvgIpc) is 2.96. The lowest BCUT2D eigenvalue weighted by Crippen LogP contribution is -2.41. The van der Waals surface area contributed by atoms with Crippen molar-refractivity contribution in [1.29, 1.82) is 0 Å². The SMILES string of the molecule is COc1ccc2c(c1)OC(C)(C)C[C@H]2NC(=O)CCn1nnnc1C. The van der Waals surface area contributed by atoms with E-state index in [9.17, 15) is 4.79 Å². The zero-order valence-electron chi connectivity index (χ0n) is 14.9. The van der Waals surface area contributed by atoms with Gasteiger partial charge in [-0.3, -0.25) is 4.79 Å². The number of methoxy groups -OCH3 is 1. The first-order valence-electron chi connectivity index (χ1n) is 8.27. The summed E-state index contributed by atoms with van der Waals surface area (Å²) in [6, 6.07) is 5.58. The van der Waals surface area contributed by atoms with Gasteiger partial charge in [-0.2, -0.15) is 0 Å². The Bertz CT molecular complexity index is 771. The molecule has 134 valence electrons. The van der Waals surface area contributed by atoms with E-state index in [-0.39, 0.29) is 17.6 Å². The Morgan fingerprint density at radius 2 is 2.28 bits per heavy atom. The highest BCUT2D eigenvalue weighted by atomic mass is 16.5. The van der Waals surface area contributed by atoms with Gasteiger partial charge >= 0.3 is 0 Å². The van der Waals surface area contributed by atoms with Crippen LogP contribution >= 0.6 is 0 Å². The van der Waals surface area contributed by atoms with E-state index in [1.807, 2.05) is 39.0 Å². The van der Waals surface area contributed by atoms with E-state index in [1.54, 1.807) is 11.8 Å². The van der Waals surface area contributed by atoms with Crippen LogP contribution in [0.1, 0.15) is 44.1 Å². The van der Waals surface area contributed by atoms with E-state index >= 15 is 0 Å². The van der Waals surface area contributed by atoms with Crippen molar-refractivity contribution in [2.75, 3.05) is 7.11 Å². The second-order valence-electron chi connectivity index (χ2n) is 6.79. The van der Waals surface area contributed by atoms with Crippen molar-refractivity contribution < 1.29 is 14.3 Å². The summed E-state index contributed by atoms with van der Waals surface area (Å²) in [5, 5.41) is 14.4. The summed E-state index contributed by atoms with van der Waals surface area (Å²) in [6.45, 7) is 6.29. The molecule has 8 nitrogen and oxygen atoms in total. The summed E-state index contributed by atoms with van der Waals surface area (Å²) in [6.07, 6.45) is 1.01. The molecule has 1 N–H and O–H groups in total. The lowest BCUT2D eigenvalue weighted by atomic mass is 9.89. The number of ether oxygens (including phenoxy) is 2. The zero-order valence-corrected chi connectivity index (χ0v) is 14.9. The third kappa shape index (κ3) is 3.89. The first kappa shape index (κ1) is 17.2. The highest BCUT2D eigenvalue weighted by Crippen LogP contribution is 2.41. The molecule has 0 bridgehead atoms. The molecule has 0 aliphatic carbocycles. The van der Waals surface area contributed by atoms with Crippen molar-refractivity contribution in [2.45, 2.75) is 51.8 Å². The Labute approximate surface area is 146 Å². The molecular weight excluding hydrogens is 322 g/mol. The monoisotopic (exact) mass is 345 g/mol. The molecule has 3 rings (SSSR count). The molecule has 1 amide bonds. The molecule has 0 saturated heterocycles. The summed E-state index contributed by atoms with van der Waals surface area (Å²) in [5.74, 6) is 2.13. The van der Waals surface area contributed by atoms with Crippen molar-refractivity contribution in [3.8, 4) is 11.5 Å². The molecule has 0 spiro atoms. The van der Waals surface area contributed by atoms with E-state index in [2.05, 4.69) is 20.8 Å². The van der Waals surface area contributed by atoms with Gasteiger partial charge in [0.1, 0.15) is 22.9 Å². The van der Waals surface area contributed by atoms with Gasteiger partial charge in [-0.15, -0.1) is 5.10 Å². The summed E-state index contributed by atoms with van der Waals surface area (Å²) < 4.78 is 12.9. The van der Waals surface area contributed by atoms with Gasteiger partial charge < -0.3 is 14.8 Å². The number of aryl methyl sites for hydroxylation is 2. The normalized spacial score (nSPS) is 18.2. The number of carbonyl (C=O) groups is 1. The largest absolute Gasteiger partial charge is 0.497 e. The van der Waals surface area contributed by atoms with Gasteiger partial charge in [-0.1, -0.05) is 0 Å². The van der Waals surface area contributed by atoms with Gasteiger partial charge in [0.05, 0.1) is 19.7 Å². The number of rotatable bonds is 5. The topological polar surface area (TPSA) is 91.2 Å². The molecule has 0 saturated carbocycles. The van der Waals surface area contributed by atoms with Crippen molar-refractivity contribution >= 4 is 5.91 Å². The van der Waals surface area contributed by atoms with Crippen molar-refractivity contribution in [3.63, 3.8) is 0 Å². The van der Waals surface area contributed by atoms with E-state index in [0.29, 0.717) is 25.2 Å². The van der Waals surface area contributed by atoms with Crippen LogP contribution in [0, 0.1) is 6.92 Å². The third-order valence-electron chi connectivity index (χ3n) is 4.27. The predicted molar refractivity (Wildman–Crippen MR) is 90.4 cm³/mol. The second-order valence-corrected chi connectivity index (χ2v) is 6.79. The van der Waals surface area contributed by atoms with Crippen LogP contribution in [0.5, 0.6) is 11.5 Å². The molecule has 0 fully saturated rings. The maximum absolute atomic E-state index is 12.4. The molecule has 2 heterocycles. The maximum atomic E-state index is 12.4. The number of aromatic nitrogens is 4. The predicted octanol–water partition coefficient (Wildman–Crippen LogP) is 1.80. The molecular formula is C17H23N5O3. The van der Waals surface area contributed by atoms with Crippen LogP contribution in [0.2, 0.25) is 0 Å². The van der Waals surface area contributed by atoms with Crippen LogP contribution < -0.4 is 14.8 Å². The molecule has 0 radical (unpaired) electrons. The summed E-state index contributed by atoms with van der Waals surface area (Å²) >= 11 is 0. The lowest BCUT2D eigenvalue weighted by molar-refractivity contribution is -0.122. The number of fused-ring (bicyclic) bond motifs is 1. The van der Waals surface area contributed by atoms with Gasteiger partial charge in [0.15, 0.2) is 0 Å².